The van der Waals surface area contributed by atoms with Gasteiger partial charge in [-0.2, -0.15) is 0 Å². The van der Waals surface area contributed by atoms with Crippen molar-refractivity contribution in [2.75, 3.05) is 18.4 Å². The minimum Gasteiger partial charge on any atom is -0.370 e. The number of hydrogen-bond acceptors (Lipinski definition) is 4. The second-order valence-corrected chi connectivity index (χ2v) is 4.80. The van der Waals surface area contributed by atoms with E-state index in [4.69, 9.17) is 0 Å². The second kappa shape index (κ2) is 8.56. The summed E-state index contributed by atoms with van der Waals surface area (Å²) in [5, 5.41) is 5.90. The monoisotopic (exact) mass is 296 g/mol. The molecule has 114 valence electrons. The third kappa shape index (κ3) is 5.01. The zero-order valence-corrected chi connectivity index (χ0v) is 12.5. The molecule has 0 fully saturated rings. The lowest BCUT2D eigenvalue weighted by atomic mass is 10.1. The molecule has 2 N–H and O–H groups in total. The second-order valence-electron chi connectivity index (χ2n) is 4.80. The van der Waals surface area contributed by atoms with Crippen LogP contribution in [0.1, 0.15) is 22.5 Å². The molecule has 22 heavy (non-hydrogen) atoms. The highest BCUT2D eigenvalue weighted by Crippen LogP contribution is 2.06. The molecule has 0 aliphatic rings. The van der Waals surface area contributed by atoms with Gasteiger partial charge in [-0.05, 0) is 18.4 Å². The average molecular weight is 296 g/mol. The van der Waals surface area contributed by atoms with Crippen LogP contribution in [0, 0.1) is 0 Å². The molecule has 0 spiro atoms. The molecule has 0 aliphatic carbocycles. The summed E-state index contributed by atoms with van der Waals surface area (Å²) in [6.07, 6.45) is 5.02. The van der Waals surface area contributed by atoms with Crippen LogP contribution in [-0.2, 0) is 6.42 Å². The molecular weight excluding hydrogens is 276 g/mol. The molecule has 1 heterocycles. The SMILES string of the molecule is C=CCNC(=O)c1cc(NCCCc2ccccc2)ncn1. The van der Waals surface area contributed by atoms with Crippen LogP contribution in [0.3, 0.4) is 0 Å². The number of carbonyl (C=O) groups excluding carboxylic acids is 1. The molecule has 2 rings (SSSR count). The highest BCUT2D eigenvalue weighted by molar-refractivity contribution is 5.92. The molecule has 5 heteroatoms. The minimum absolute atomic E-state index is 0.227. The molecule has 0 atom stereocenters. The Labute approximate surface area is 130 Å². The van der Waals surface area contributed by atoms with Crippen LogP contribution in [0.4, 0.5) is 5.82 Å². The van der Waals surface area contributed by atoms with E-state index >= 15 is 0 Å². The van der Waals surface area contributed by atoms with Crippen LogP contribution in [0.15, 0.2) is 55.4 Å². The Hall–Kier alpha value is -2.69. The topological polar surface area (TPSA) is 66.9 Å². The van der Waals surface area contributed by atoms with E-state index in [1.54, 1.807) is 12.1 Å². The number of benzene rings is 1. The lowest BCUT2D eigenvalue weighted by Gasteiger charge is -2.07. The number of anilines is 1. The Morgan fingerprint density at radius 3 is 2.82 bits per heavy atom. The van der Waals surface area contributed by atoms with Crippen molar-refractivity contribution in [1.82, 2.24) is 15.3 Å². The maximum Gasteiger partial charge on any atom is 0.270 e. The number of hydrogen-bond donors (Lipinski definition) is 2. The first kappa shape index (κ1) is 15.7. The Morgan fingerprint density at radius 2 is 2.05 bits per heavy atom. The summed E-state index contributed by atoms with van der Waals surface area (Å²) < 4.78 is 0. The van der Waals surface area contributed by atoms with E-state index in [-0.39, 0.29) is 5.91 Å². The van der Waals surface area contributed by atoms with Crippen molar-refractivity contribution in [3.63, 3.8) is 0 Å². The van der Waals surface area contributed by atoms with Gasteiger partial charge in [-0.25, -0.2) is 9.97 Å². The smallest absolute Gasteiger partial charge is 0.270 e. The third-order valence-electron chi connectivity index (χ3n) is 3.10. The van der Waals surface area contributed by atoms with Gasteiger partial charge in [0, 0.05) is 19.2 Å². The highest BCUT2D eigenvalue weighted by atomic mass is 16.1. The van der Waals surface area contributed by atoms with Gasteiger partial charge in [0.25, 0.3) is 5.91 Å². The zero-order valence-electron chi connectivity index (χ0n) is 12.5. The standard InChI is InChI=1S/C17H20N4O/c1-2-10-19-17(22)15-12-16(21-13-20-15)18-11-6-9-14-7-4-3-5-8-14/h2-5,7-8,12-13H,1,6,9-11H2,(H,19,22)(H,18,20,21). The molecule has 0 radical (unpaired) electrons. The van der Waals surface area contributed by atoms with Gasteiger partial charge >= 0.3 is 0 Å². The average Bonchev–Trinajstić information content (AvgIpc) is 2.58. The van der Waals surface area contributed by atoms with E-state index < -0.39 is 0 Å². The van der Waals surface area contributed by atoms with Crippen molar-refractivity contribution in [3.8, 4) is 0 Å². The molecule has 2 aromatic rings. The molecule has 1 aromatic carbocycles. The van der Waals surface area contributed by atoms with Crippen LogP contribution < -0.4 is 10.6 Å². The third-order valence-corrected chi connectivity index (χ3v) is 3.10. The fraction of sp³-hybridized carbons (Fsp3) is 0.235. The summed E-state index contributed by atoms with van der Waals surface area (Å²) in [5.74, 6) is 0.432. The largest absolute Gasteiger partial charge is 0.370 e. The molecular formula is C17H20N4O. The van der Waals surface area contributed by atoms with Crippen LogP contribution in [0.5, 0.6) is 0 Å². The number of nitrogens with zero attached hydrogens (tertiary/aromatic N) is 2. The fourth-order valence-electron chi connectivity index (χ4n) is 1.99. The first-order valence-electron chi connectivity index (χ1n) is 7.28. The van der Waals surface area contributed by atoms with Crippen LogP contribution in [0.25, 0.3) is 0 Å². The molecule has 0 bridgehead atoms. The summed E-state index contributed by atoms with van der Waals surface area (Å²) >= 11 is 0. The summed E-state index contributed by atoms with van der Waals surface area (Å²) in [5.41, 5.74) is 1.67. The maximum absolute atomic E-state index is 11.8. The van der Waals surface area contributed by atoms with Gasteiger partial charge in [-0.15, -0.1) is 6.58 Å². The summed E-state index contributed by atoms with van der Waals surface area (Å²) in [6.45, 7) is 4.77. The van der Waals surface area contributed by atoms with Crippen molar-refractivity contribution < 1.29 is 4.79 Å². The molecule has 1 amide bonds. The van der Waals surface area contributed by atoms with Crippen molar-refractivity contribution in [1.29, 1.82) is 0 Å². The number of carbonyl (C=O) groups is 1. The van der Waals surface area contributed by atoms with Crippen molar-refractivity contribution in [3.05, 3.63) is 66.6 Å². The van der Waals surface area contributed by atoms with Gasteiger partial charge in [0.1, 0.15) is 17.8 Å². The van der Waals surface area contributed by atoms with Crippen molar-refractivity contribution >= 4 is 11.7 Å². The van der Waals surface area contributed by atoms with Crippen LogP contribution in [-0.4, -0.2) is 29.0 Å². The van der Waals surface area contributed by atoms with E-state index in [9.17, 15) is 4.79 Å². The highest BCUT2D eigenvalue weighted by Gasteiger charge is 2.07. The van der Waals surface area contributed by atoms with E-state index in [0.717, 1.165) is 19.4 Å². The Balaban J connectivity index is 1.80. The number of rotatable bonds is 8. The van der Waals surface area contributed by atoms with Crippen molar-refractivity contribution in [2.45, 2.75) is 12.8 Å². The van der Waals surface area contributed by atoms with Crippen LogP contribution >= 0.6 is 0 Å². The number of nitrogens with one attached hydrogen (secondary N) is 2. The summed E-state index contributed by atoms with van der Waals surface area (Å²) in [6, 6.07) is 12.0. The minimum atomic E-state index is -0.227. The van der Waals surface area contributed by atoms with Gasteiger partial charge in [0.05, 0.1) is 0 Å². The molecule has 0 unspecified atom stereocenters. The first-order chi connectivity index (χ1) is 10.8. The fourth-order valence-corrected chi connectivity index (χ4v) is 1.99. The van der Waals surface area contributed by atoms with Crippen molar-refractivity contribution in [2.24, 2.45) is 0 Å². The van der Waals surface area contributed by atoms with E-state index in [2.05, 4.69) is 39.3 Å². The van der Waals surface area contributed by atoms with Gasteiger partial charge in [-0.1, -0.05) is 36.4 Å². The predicted octanol–water partition coefficient (Wildman–Crippen LogP) is 2.44. The normalized spacial score (nSPS) is 10.0. The Kier molecular flexibility index (Phi) is 6.11. The van der Waals surface area contributed by atoms with Gasteiger partial charge in [0.2, 0.25) is 0 Å². The van der Waals surface area contributed by atoms with E-state index in [1.807, 2.05) is 18.2 Å². The molecule has 5 nitrogen and oxygen atoms in total. The Morgan fingerprint density at radius 1 is 1.23 bits per heavy atom. The van der Waals surface area contributed by atoms with Crippen LogP contribution in [0.2, 0.25) is 0 Å². The summed E-state index contributed by atoms with van der Waals surface area (Å²) in [7, 11) is 0. The quantitative estimate of drug-likeness (QED) is 0.580. The maximum atomic E-state index is 11.8. The molecule has 0 saturated carbocycles. The zero-order chi connectivity index (χ0) is 15.6. The Bertz CT molecular complexity index is 613. The van der Waals surface area contributed by atoms with E-state index in [0.29, 0.717) is 18.1 Å². The number of amides is 1. The summed E-state index contributed by atoms with van der Waals surface area (Å²) in [4.78, 5) is 19.9. The lowest BCUT2D eigenvalue weighted by molar-refractivity contribution is 0.0953. The predicted molar refractivity (Wildman–Crippen MR) is 87.8 cm³/mol. The van der Waals surface area contributed by atoms with Gasteiger partial charge in [-0.3, -0.25) is 4.79 Å². The molecule has 1 aromatic heterocycles. The number of aryl methyl sites for hydroxylation is 1. The van der Waals surface area contributed by atoms with Gasteiger partial charge in [0.15, 0.2) is 0 Å². The first-order valence-corrected chi connectivity index (χ1v) is 7.28. The lowest BCUT2D eigenvalue weighted by Crippen LogP contribution is -2.24. The van der Waals surface area contributed by atoms with Gasteiger partial charge < -0.3 is 10.6 Å². The van der Waals surface area contributed by atoms with E-state index in [1.165, 1.54) is 11.9 Å². The molecule has 0 saturated heterocycles. The molecule has 0 aliphatic heterocycles. The number of aromatic nitrogens is 2.